The third-order valence-corrected chi connectivity index (χ3v) is 5.87. The smallest absolute Gasteiger partial charge is 0.378 e. The normalized spacial score (nSPS) is 15.2. The third kappa shape index (κ3) is 4.88. The average molecular weight is 428 g/mol. The van der Waals surface area contributed by atoms with Gasteiger partial charge in [-0.05, 0) is 42.8 Å². The number of halogens is 3. The number of amides is 1. The van der Waals surface area contributed by atoms with Gasteiger partial charge in [-0.2, -0.15) is 13.2 Å². The van der Waals surface area contributed by atoms with Gasteiger partial charge >= 0.3 is 6.18 Å². The second-order valence-corrected chi connectivity index (χ2v) is 8.25. The molecule has 0 bridgehead atoms. The lowest BCUT2D eigenvalue weighted by Gasteiger charge is -2.27. The second-order valence-electron chi connectivity index (χ2n) is 6.57. The Kier molecular flexibility index (Phi) is 5.85. The molecule has 1 heterocycles. The highest BCUT2D eigenvalue weighted by Crippen LogP contribution is 2.31. The predicted octanol–water partition coefficient (Wildman–Crippen LogP) is 3.29. The van der Waals surface area contributed by atoms with Gasteiger partial charge in [0.05, 0.1) is 23.7 Å². The van der Waals surface area contributed by atoms with Crippen molar-refractivity contribution in [3.05, 3.63) is 59.2 Å². The molecule has 2 aromatic carbocycles. The Morgan fingerprint density at radius 2 is 1.79 bits per heavy atom. The molecule has 0 spiro atoms. The van der Waals surface area contributed by atoms with Crippen LogP contribution >= 0.6 is 0 Å². The summed E-state index contributed by atoms with van der Waals surface area (Å²) in [6.45, 7) is 3.29. The molecule has 1 aliphatic heterocycles. The highest BCUT2D eigenvalue weighted by molar-refractivity contribution is 7.92. The predicted molar refractivity (Wildman–Crippen MR) is 100 cm³/mol. The van der Waals surface area contributed by atoms with E-state index >= 15 is 0 Å². The summed E-state index contributed by atoms with van der Waals surface area (Å²) >= 11 is 0. The largest absolute Gasteiger partial charge is 0.416 e. The summed E-state index contributed by atoms with van der Waals surface area (Å²) < 4.78 is 71.3. The number of carbonyl (C=O) groups is 1. The van der Waals surface area contributed by atoms with Crippen molar-refractivity contribution in [2.45, 2.75) is 18.0 Å². The van der Waals surface area contributed by atoms with Gasteiger partial charge in [0.1, 0.15) is 0 Å². The van der Waals surface area contributed by atoms with E-state index < -0.39 is 21.8 Å². The molecule has 0 atom stereocenters. The minimum absolute atomic E-state index is 0.211. The van der Waals surface area contributed by atoms with E-state index in [0.29, 0.717) is 37.9 Å². The summed E-state index contributed by atoms with van der Waals surface area (Å²) in [5, 5.41) is 0. The molecule has 3 rings (SSSR count). The van der Waals surface area contributed by atoms with Crippen LogP contribution in [0, 0.1) is 6.92 Å². The van der Waals surface area contributed by atoms with Gasteiger partial charge in [0.15, 0.2) is 0 Å². The molecule has 1 amide bonds. The Morgan fingerprint density at radius 3 is 2.45 bits per heavy atom. The zero-order valence-electron chi connectivity index (χ0n) is 15.5. The zero-order valence-corrected chi connectivity index (χ0v) is 16.3. The summed E-state index contributed by atoms with van der Waals surface area (Å²) in [6, 6.07) is 7.94. The van der Waals surface area contributed by atoms with Gasteiger partial charge in [0, 0.05) is 24.3 Å². The molecule has 2 aromatic rings. The number of hydrogen-bond acceptors (Lipinski definition) is 4. The molecule has 0 aliphatic carbocycles. The van der Waals surface area contributed by atoms with Crippen LogP contribution in [0.2, 0.25) is 0 Å². The van der Waals surface area contributed by atoms with Crippen molar-refractivity contribution in [1.82, 2.24) is 4.90 Å². The lowest BCUT2D eigenvalue weighted by Crippen LogP contribution is -2.41. The monoisotopic (exact) mass is 428 g/mol. The molecule has 6 nitrogen and oxygen atoms in total. The Hall–Kier alpha value is -2.59. The Morgan fingerprint density at radius 1 is 1.10 bits per heavy atom. The zero-order chi connectivity index (χ0) is 21.2. The maximum absolute atomic E-state index is 12.9. The van der Waals surface area contributed by atoms with E-state index in [9.17, 15) is 26.4 Å². The summed E-state index contributed by atoms with van der Waals surface area (Å²) in [6.07, 6.45) is -4.59. The molecule has 1 fully saturated rings. The van der Waals surface area contributed by atoms with Gasteiger partial charge in [0.2, 0.25) is 0 Å². The lowest BCUT2D eigenvalue weighted by atomic mass is 10.1. The number of nitrogens with zero attached hydrogens (tertiary/aromatic N) is 1. The molecule has 29 heavy (non-hydrogen) atoms. The first-order valence-electron chi connectivity index (χ1n) is 8.76. The van der Waals surface area contributed by atoms with Gasteiger partial charge in [-0.3, -0.25) is 9.52 Å². The molecular formula is C19H19F3N2O4S. The lowest BCUT2D eigenvalue weighted by molar-refractivity contribution is -0.137. The van der Waals surface area contributed by atoms with Crippen molar-refractivity contribution in [1.29, 1.82) is 0 Å². The number of sulfonamides is 1. The standard InChI is InChI=1S/C19H19F3N2O4S/c1-13-5-6-16(12-17(13)18(25)24-7-9-28-10-8-24)29(26,27)23-15-4-2-3-14(11-15)19(20,21)22/h2-6,11-12,23H,7-10H2,1H3. The van der Waals surface area contributed by atoms with E-state index in [1.165, 1.54) is 24.3 Å². The van der Waals surface area contributed by atoms with E-state index in [0.717, 1.165) is 12.1 Å². The topological polar surface area (TPSA) is 75.7 Å². The summed E-state index contributed by atoms with van der Waals surface area (Å²) in [5.74, 6) is -0.318. The number of benzene rings is 2. The van der Waals surface area contributed by atoms with Crippen LogP contribution in [0.15, 0.2) is 47.4 Å². The van der Waals surface area contributed by atoms with E-state index in [1.807, 2.05) is 0 Å². The van der Waals surface area contributed by atoms with Crippen molar-refractivity contribution >= 4 is 21.6 Å². The minimum Gasteiger partial charge on any atom is -0.378 e. The van der Waals surface area contributed by atoms with Crippen LogP contribution in [0.1, 0.15) is 21.5 Å². The number of ether oxygens (including phenoxy) is 1. The van der Waals surface area contributed by atoms with E-state index in [2.05, 4.69) is 4.72 Å². The molecule has 1 saturated heterocycles. The van der Waals surface area contributed by atoms with Crippen LogP contribution in [0.25, 0.3) is 0 Å². The number of aryl methyl sites for hydroxylation is 1. The van der Waals surface area contributed by atoms with Crippen LogP contribution in [-0.2, 0) is 20.9 Å². The van der Waals surface area contributed by atoms with Crippen molar-refractivity contribution < 1.29 is 31.1 Å². The molecule has 1 aliphatic rings. The van der Waals surface area contributed by atoms with Crippen LogP contribution in [0.3, 0.4) is 0 Å². The van der Waals surface area contributed by atoms with Crippen molar-refractivity contribution in [2.75, 3.05) is 31.0 Å². The summed E-state index contributed by atoms with van der Waals surface area (Å²) in [5.41, 5.74) is -0.371. The fourth-order valence-corrected chi connectivity index (χ4v) is 3.98. The van der Waals surface area contributed by atoms with Gasteiger partial charge < -0.3 is 9.64 Å². The van der Waals surface area contributed by atoms with Crippen molar-refractivity contribution in [3.8, 4) is 0 Å². The number of alkyl halides is 3. The number of anilines is 1. The SMILES string of the molecule is Cc1ccc(S(=O)(=O)Nc2cccc(C(F)(F)F)c2)cc1C(=O)N1CCOCC1. The van der Waals surface area contributed by atoms with E-state index in [4.69, 9.17) is 4.74 Å². The second kappa shape index (κ2) is 8.03. The van der Waals surface area contributed by atoms with Crippen molar-refractivity contribution in [3.63, 3.8) is 0 Å². The number of morpholine rings is 1. The average Bonchev–Trinajstić information content (AvgIpc) is 2.67. The molecule has 0 aromatic heterocycles. The van der Waals surface area contributed by atoms with E-state index in [1.54, 1.807) is 11.8 Å². The van der Waals surface area contributed by atoms with Crippen molar-refractivity contribution in [2.24, 2.45) is 0 Å². The molecule has 0 saturated carbocycles. The number of nitrogens with one attached hydrogen (secondary N) is 1. The first-order chi connectivity index (χ1) is 13.6. The molecule has 0 unspecified atom stereocenters. The molecule has 156 valence electrons. The maximum Gasteiger partial charge on any atom is 0.416 e. The Bertz CT molecular complexity index is 1020. The molecular weight excluding hydrogens is 409 g/mol. The van der Waals surface area contributed by atoms with Crippen LogP contribution in [-0.4, -0.2) is 45.5 Å². The van der Waals surface area contributed by atoms with Gasteiger partial charge in [-0.15, -0.1) is 0 Å². The fourth-order valence-electron chi connectivity index (χ4n) is 2.91. The van der Waals surface area contributed by atoms with Gasteiger partial charge in [-0.1, -0.05) is 12.1 Å². The first-order valence-corrected chi connectivity index (χ1v) is 10.2. The van der Waals surface area contributed by atoms with Gasteiger partial charge in [0.25, 0.3) is 15.9 Å². The summed E-state index contributed by atoms with van der Waals surface area (Å²) in [4.78, 5) is 14.1. The maximum atomic E-state index is 12.9. The first kappa shape index (κ1) is 21.1. The highest BCUT2D eigenvalue weighted by atomic mass is 32.2. The summed E-state index contributed by atoms with van der Waals surface area (Å²) in [7, 11) is -4.19. The van der Waals surface area contributed by atoms with Crippen LogP contribution in [0.4, 0.5) is 18.9 Å². The van der Waals surface area contributed by atoms with E-state index in [-0.39, 0.29) is 22.1 Å². The fraction of sp³-hybridized carbons (Fsp3) is 0.316. The number of hydrogen-bond donors (Lipinski definition) is 1. The quantitative estimate of drug-likeness (QED) is 0.811. The molecule has 1 N–H and O–H groups in total. The number of carbonyl (C=O) groups excluding carboxylic acids is 1. The number of rotatable bonds is 4. The minimum atomic E-state index is -4.59. The van der Waals surface area contributed by atoms with Crippen LogP contribution in [0.5, 0.6) is 0 Å². The van der Waals surface area contributed by atoms with Gasteiger partial charge in [-0.25, -0.2) is 8.42 Å². The molecule has 10 heteroatoms. The van der Waals surface area contributed by atoms with Crippen LogP contribution < -0.4 is 4.72 Å². The third-order valence-electron chi connectivity index (χ3n) is 4.49. The molecule has 0 radical (unpaired) electrons. The highest BCUT2D eigenvalue weighted by Gasteiger charge is 2.31. The Balaban J connectivity index is 1.89. The Labute approximate surface area is 166 Å².